The van der Waals surface area contributed by atoms with Gasteiger partial charge in [-0.05, 0) is 30.4 Å². The first-order valence-corrected chi connectivity index (χ1v) is 8.29. The minimum Gasteiger partial charge on any atom is -0.383 e. The first-order chi connectivity index (χ1) is 10.7. The predicted molar refractivity (Wildman–Crippen MR) is 108 cm³/mol. The molecule has 2 rings (SSSR count). The van der Waals surface area contributed by atoms with Crippen LogP contribution in [0.25, 0.3) is 0 Å². The molecule has 4 nitrogen and oxygen atoms in total. The van der Waals surface area contributed by atoms with Crippen molar-refractivity contribution < 1.29 is 4.74 Å². The van der Waals surface area contributed by atoms with Crippen molar-refractivity contribution in [1.29, 1.82) is 0 Å². The van der Waals surface area contributed by atoms with Gasteiger partial charge in [0.1, 0.15) is 0 Å². The Bertz CT molecular complexity index is 488. The van der Waals surface area contributed by atoms with Crippen LogP contribution >= 0.6 is 24.0 Å². The van der Waals surface area contributed by atoms with Crippen LogP contribution in [0.15, 0.2) is 29.3 Å². The topological polar surface area (TPSA) is 45.7 Å². The van der Waals surface area contributed by atoms with Gasteiger partial charge in [0, 0.05) is 25.6 Å². The lowest BCUT2D eigenvalue weighted by molar-refractivity contribution is 0.208. The molecule has 0 heterocycles. The second-order valence-electron chi connectivity index (χ2n) is 6.17. The van der Waals surface area contributed by atoms with Gasteiger partial charge in [0.05, 0.1) is 13.2 Å². The lowest BCUT2D eigenvalue weighted by atomic mass is 10.0. The van der Waals surface area contributed by atoms with E-state index in [1.54, 1.807) is 7.11 Å². The summed E-state index contributed by atoms with van der Waals surface area (Å²) in [6, 6.07) is 9.55. The molecular formula is C18H30IN3O. The summed E-state index contributed by atoms with van der Waals surface area (Å²) in [7, 11) is 1.70. The summed E-state index contributed by atoms with van der Waals surface area (Å²) in [5.74, 6) is 2.09. The second-order valence-corrected chi connectivity index (χ2v) is 6.17. The van der Waals surface area contributed by atoms with Crippen LogP contribution in [0, 0.1) is 0 Å². The fourth-order valence-corrected chi connectivity index (χ4v) is 2.60. The molecule has 0 amide bonds. The summed E-state index contributed by atoms with van der Waals surface area (Å²) in [5, 5.41) is 6.81. The maximum Gasteiger partial charge on any atom is 0.191 e. The Kier molecular flexibility index (Phi) is 8.91. The standard InChI is InChI=1S/C18H29N3O.HI/c1-5-19-18(20-10-11-22-4)21-17-12-16(17)15-8-6-14(7-9-15)13(2)3;/h6-9,13,16-17H,5,10-12H2,1-4H3,(H2,19,20,21);1H. The van der Waals surface area contributed by atoms with Crippen LogP contribution < -0.4 is 10.6 Å². The molecule has 0 radical (unpaired) electrons. The fourth-order valence-electron chi connectivity index (χ4n) is 2.60. The molecule has 1 aliphatic rings. The molecule has 0 aliphatic heterocycles. The van der Waals surface area contributed by atoms with E-state index < -0.39 is 0 Å². The molecule has 0 bridgehead atoms. The smallest absolute Gasteiger partial charge is 0.191 e. The van der Waals surface area contributed by atoms with Crippen molar-refractivity contribution in [2.75, 3.05) is 26.8 Å². The predicted octanol–water partition coefficient (Wildman–Crippen LogP) is 3.49. The molecule has 2 unspecified atom stereocenters. The first-order valence-electron chi connectivity index (χ1n) is 8.29. The molecule has 2 N–H and O–H groups in total. The highest BCUT2D eigenvalue weighted by Crippen LogP contribution is 2.41. The summed E-state index contributed by atoms with van der Waals surface area (Å²) in [5.41, 5.74) is 2.83. The molecule has 1 aromatic rings. The Morgan fingerprint density at radius 1 is 1.30 bits per heavy atom. The Morgan fingerprint density at radius 2 is 2.00 bits per heavy atom. The van der Waals surface area contributed by atoms with Crippen molar-refractivity contribution in [2.45, 2.75) is 45.1 Å². The van der Waals surface area contributed by atoms with Gasteiger partial charge >= 0.3 is 0 Å². The van der Waals surface area contributed by atoms with E-state index in [4.69, 9.17) is 4.74 Å². The van der Waals surface area contributed by atoms with Gasteiger partial charge < -0.3 is 15.4 Å². The maximum atomic E-state index is 5.05. The van der Waals surface area contributed by atoms with E-state index in [1.165, 1.54) is 17.5 Å². The lowest BCUT2D eigenvalue weighted by Crippen LogP contribution is -2.39. The molecule has 130 valence electrons. The van der Waals surface area contributed by atoms with Gasteiger partial charge in [0.25, 0.3) is 0 Å². The van der Waals surface area contributed by atoms with Crippen LogP contribution in [0.5, 0.6) is 0 Å². The molecule has 23 heavy (non-hydrogen) atoms. The van der Waals surface area contributed by atoms with E-state index in [0.29, 0.717) is 31.0 Å². The van der Waals surface area contributed by atoms with Crippen molar-refractivity contribution in [2.24, 2.45) is 4.99 Å². The minimum absolute atomic E-state index is 0. The van der Waals surface area contributed by atoms with Gasteiger partial charge in [-0.2, -0.15) is 0 Å². The molecule has 0 spiro atoms. The van der Waals surface area contributed by atoms with E-state index in [-0.39, 0.29) is 24.0 Å². The second kappa shape index (κ2) is 10.1. The van der Waals surface area contributed by atoms with Crippen molar-refractivity contribution in [1.82, 2.24) is 10.6 Å². The zero-order valence-corrected chi connectivity index (χ0v) is 17.0. The minimum atomic E-state index is 0. The summed E-state index contributed by atoms with van der Waals surface area (Å²) in [6.07, 6.45) is 1.18. The lowest BCUT2D eigenvalue weighted by Gasteiger charge is -2.11. The van der Waals surface area contributed by atoms with E-state index in [9.17, 15) is 0 Å². The number of guanidine groups is 1. The van der Waals surface area contributed by atoms with E-state index >= 15 is 0 Å². The molecule has 1 fully saturated rings. The van der Waals surface area contributed by atoms with Crippen LogP contribution in [-0.4, -0.2) is 38.8 Å². The average Bonchev–Trinajstić information content (AvgIpc) is 3.27. The zero-order chi connectivity index (χ0) is 15.9. The average molecular weight is 431 g/mol. The SMILES string of the molecule is CCNC(=NCCOC)NC1CC1c1ccc(C(C)C)cc1.I. The van der Waals surface area contributed by atoms with Crippen LogP contribution in [0.2, 0.25) is 0 Å². The summed E-state index contributed by atoms with van der Waals surface area (Å²) in [4.78, 5) is 4.52. The summed E-state index contributed by atoms with van der Waals surface area (Å²) < 4.78 is 5.05. The molecular weight excluding hydrogens is 401 g/mol. The molecule has 1 saturated carbocycles. The normalized spacial score (nSPS) is 20.1. The number of nitrogens with one attached hydrogen (secondary N) is 2. The van der Waals surface area contributed by atoms with E-state index in [0.717, 1.165) is 12.5 Å². The van der Waals surface area contributed by atoms with Crippen molar-refractivity contribution in [3.05, 3.63) is 35.4 Å². The number of hydrogen-bond donors (Lipinski definition) is 2. The number of benzene rings is 1. The highest BCUT2D eigenvalue weighted by Gasteiger charge is 2.38. The molecule has 0 saturated heterocycles. The largest absolute Gasteiger partial charge is 0.383 e. The van der Waals surface area contributed by atoms with Crippen LogP contribution in [0.3, 0.4) is 0 Å². The third-order valence-electron chi connectivity index (χ3n) is 4.05. The number of halogens is 1. The summed E-state index contributed by atoms with van der Waals surface area (Å²) >= 11 is 0. The van der Waals surface area contributed by atoms with Crippen LogP contribution in [0.4, 0.5) is 0 Å². The van der Waals surface area contributed by atoms with Gasteiger partial charge in [-0.15, -0.1) is 24.0 Å². The van der Waals surface area contributed by atoms with Crippen LogP contribution in [-0.2, 0) is 4.74 Å². The Balaban J connectivity index is 0.00000264. The fraction of sp³-hybridized carbons (Fsp3) is 0.611. The quantitative estimate of drug-likeness (QED) is 0.301. The monoisotopic (exact) mass is 431 g/mol. The van der Waals surface area contributed by atoms with E-state index in [2.05, 4.69) is 60.7 Å². The number of rotatable bonds is 7. The Hall–Kier alpha value is -0.820. The van der Waals surface area contributed by atoms with Crippen LogP contribution in [0.1, 0.15) is 50.2 Å². The van der Waals surface area contributed by atoms with Gasteiger partial charge in [0.2, 0.25) is 0 Å². The summed E-state index contributed by atoms with van der Waals surface area (Å²) in [6.45, 7) is 8.76. The Labute approximate surface area is 157 Å². The highest BCUT2D eigenvalue weighted by molar-refractivity contribution is 14.0. The van der Waals surface area contributed by atoms with Crippen molar-refractivity contribution in [3.63, 3.8) is 0 Å². The van der Waals surface area contributed by atoms with Gasteiger partial charge in [-0.3, -0.25) is 4.99 Å². The van der Waals surface area contributed by atoms with Gasteiger partial charge in [0.15, 0.2) is 5.96 Å². The molecule has 5 heteroatoms. The number of ether oxygens (including phenoxy) is 1. The molecule has 2 atom stereocenters. The third-order valence-corrected chi connectivity index (χ3v) is 4.05. The first kappa shape index (κ1) is 20.2. The van der Waals surface area contributed by atoms with Gasteiger partial charge in [-0.1, -0.05) is 38.1 Å². The van der Waals surface area contributed by atoms with Crippen molar-refractivity contribution >= 4 is 29.9 Å². The highest BCUT2D eigenvalue weighted by atomic mass is 127. The van der Waals surface area contributed by atoms with Gasteiger partial charge in [-0.25, -0.2) is 0 Å². The van der Waals surface area contributed by atoms with E-state index in [1.807, 2.05) is 0 Å². The van der Waals surface area contributed by atoms with Crippen molar-refractivity contribution in [3.8, 4) is 0 Å². The number of aliphatic imine (C=N–C) groups is 1. The maximum absolute atomic E-state index is 5.05. The third kappa shape index (κ3) is 6.30. The number of hydrogen-bond acceptors (Lipinski definition) is 2. The molecule has 1 aliphatic carbocycles. The molecule has 1 aromatic carbocycles. The zero-order valence-electron chi connectivity index (χ0n) is 14.6. The number of methoxy groups -OCH3 is 1. The Morgan fingerprint density at radius 3 is 2.57 bits per heavy atom. The number of nitrogens with zero attached hydrogens (tertiary/aromatic N) is 1. The molecule has 0 aromatic heterocycles.